The maximum Gasteiger partial charge on any atom is 0.135 e. The first kappa shape index (κ1) is 14.7. The summed E-state index contributed by atoms with van der Waals surface area (Å²) in [4.78, 5) is 10.5. The lowest BCUT2D eigenvalue weighted by atomic mass is 10.2. The van der Waals surface area contributed by atoms with Crippen LogP contribution in [0.2, 0.25) is 5.15 Å². The van der Waals surface area contributed by atoms with E-state index in [9.17, 15) is 4.39 Å². The molecule has 0 bridgehead atoms. The van der Waals surface area contributed by atoms with Gasteiger partial charge in [0.1, 0.15) is 22.6 Å². The van der Waals surface area contributed by atoms with Gasteiger partial charge in [-0.2, -0.15) is 0 Å². The second-order valence-corrected chi connectivity index (χ2v) is 5.40. The van der Waals surface area contributed by atoms with Crippen LogP contribution in [-0.2, 0) is 6.54 Å². The number of aromatic nitrogens is 2. The molecule has 0 spiro atoms. The van der Waals surface area contributed by atoms with Crippen LogP contribution in [0, 0.1) is 5.82 Å². The summed E-state index contributed by atoms with van der Waals surface area (Å²) >= 11 is 6.02. The Morgan fingerprint density at radius 2 is 1.95 bits per heavy atom. The Bertz CT molecular complexity index is 601. The smallest absolute Gasteiger partial charge is 0.135 e. The van der Waals surface area contributed by atoms with Crippen molar-refractivity contribution in [2.45, 2.75) is 26.3 Å². The van der Waals surface area contributed by atoms with Gasteiger partial charge >= 0.3 is 0 Å². The number of nitrogens with zero attached hydrogens (tertiary/aromatic N) is 3. The molecule has 0 atom stereocenters. The first-order valence-electron chi connectivity index (χ1n) is 6.46. The quantitative estimate of drug-likeness (QED) is 0.797. The minimum absolute atomic E-state index is 0.189. The molecular weight excluding hydrogens is 277 g/mol. The molecule has 1 heterocycles. The molecule has 0 saturated carbocycles. The van der Waals surface area contributed by atoms with Crippen molar-refractivity contribution in [1.29, 1.82) is 0 Å². The molecule has 106 valence electrons. The Kier molecular flexibility index (Phi) is 4.55. The molecule has 1 aromatic carbocycles. The second kappa shape index (κ2) is 6.18. The first-order chi connectivity index (χ1) is 9.47. The summed E-state index contributed by atoms with van der Waals surface area (Å²) in [7, 11) is 1.86. The molecule has 2 aromatic rings. The lowest BCUT2D eigenvalue weighted by molar-refractivity contribution is 0.607. The Balaban J connectivity index is 2.25. The number of hydrogen-bond acceptors (Lipinski definition) is 3. The topological polar surface area (TPSA) is 29.0 Å². The van der Waals surface area contributed by atoms with Gasteiger partial charge in [0.25, 0.3) is 0 Å². The van der Waals surface area contributed by atoms with Crippen molar-refractivity contribution in [3.8, 4) is 0 Å². The zero-order valence-corrected chi connectivity index (χ0v) is 12.5. The largest absolute Gasteiger partial charge is 0.355 e. The summed E-state index contributed by atoms with van der Waals surface area (Å²) in [6.45, 7) is 4.44. The molecule has 20 heavy (non-hydrogen) atoms. The van der Waals surface area contributed by atoms with Crippen molar-refractivity contribution >= 4 is 17.4 Å². The zero-order chi connectivity index (χ0) is 14.7. The summed E-state index contributed by atoms with van der Waals surface area (Å²) < 4.78 is 13.7. The molecule has 0 aliphatic rings. The molecule has 0 aliphatic heterocycles. The van der Waals surface area contributed by atoms with Gasteiger partial charge in [-0.05, 0) is 6.07 Å². The SMILES string of the molecule is CC(C)c1nc(Cl)cc(N(C)Cc2ccccc2F)n1. The van der Waals surface area contributed by atoms with Gasteiger partial charge < -0.3 is 4.90 Å². The van der Waals surface area contributed by atoms with E-state index in [-0.39, 0.29) is 11.7 Å². The van der Waals surface area contributed by atoms with E-state index in [4.69, 9.17) is 11.6 Å². The number of anilines is 1. The second-order valence-electron chi connectivity index (χ2n) is 5.01. The Hall–Kier alpha value is -1.68. The molecule has 2 rings (SSSR count). The third-order valence-corrected chi connectivity index (χ3v) is 3.17. The Labute approximate surface area is 123 Å². The molecule has 3 nitrogen and oxygen atoms in total. The van der Waals surface area contributed by atoms with Gasteiger partial charge in [0.2, 0.25) is 0 Å². The molecule has 1 aromatic heterocycles. The van der Waals surface area contributed by atoms with Crippen LogP contribution in [0.15, 0.2) is 30.3 Å². The molecule has 0 radical (unpaired) electrons. The van der Waals surface area contributed by atoms with E-state index in [1.165, 1.54) is 6.07 Å². The number of rotatable bonds is 4. The van der Waals surface area contributed by atoms with E-state index in [2.05, 4.69) is 9.97 Å². The summed E-state index contributed by atoms with van der Waals surface area (Å²) in [5.74, 6) is 1.35. The number of hydrogen-bond donors (Lipinski definition) is 0. The van der Waals surface area contributed by atoms with Gasteiger partial charge in [-0.25, -0.2) is 14.4 Å². The monoisotopic (exact) mass is 293 g/mol. The van der Waals surface area contributed by atoms with Gasteiger partial charge in [0.15, 0.2) is 0 Å². The normalized spacial score (nSPS) is 10.9. The van der Waals surface area contributed by atoms with Crippen molar-refractivity contribution in [1.82, 2.24) is 9.97 Å². The molecule has 0 N–H and O–H groups in total. The molecule has 5 heteroatoms. The van der Waals surface area contributed by atoms with Gasteiger partial charge in [-0.1, -0.05) is 43.6 Å². The lowest BCUT2D eigenvalue weighted by Gasteiger charge is -2.20. The van der Waals surface area contributed by atoms with Crippen LogP contribution in [0.4, 0.5) is 10.2 Å². The van der Waals surface area contributed by atoms with E-state index >= 15 is 0 Å². The summed E-state index contributed by atoms with van der Waals surface area (Å²) in [6.07, 6.45) is 0. The van der Waals surface area contributed by atoms with Gasteiger partial charge in [0.05, 0.1) is 0 Å². The highest BCUT2D eigenvalue weighted by Gasteiger charge is 2.11. The third-order valence-electron chi connectivity index (χ3n) is 2.97. The minimum atomic E-state index is -0.219. The minimum Gasteiger partial charge on any atom is -0.355 e. The fourth-order valence-corrected chi connectivity index (χ4v) is 2.02. The average Bonchev–Trinajstić information content (AvgIpc) is 2.40. The summed E-state index contributed by atoms with van der Waals surface area (Å²) in [6, 6.07) is 8.40. The van der Waals surface area contributed by atoms with Crippen LogP contribution in [-0.4, -0.2) is 17.0 Å². The predicted molar refractivity (Wildman–Crippen MR) is 79.6 cm³/mol. The van der Waals surface area contributed by atoms with Crippen LogP contribution < -0.4 is 4.90 Å². The highest BCUT2D eigenvalue weighted by Crippen LogP contribution is 2.21. The number of benzene rings is 1. The highest BCUT2D eigenvalue weighted by molar-refractivity contribution is 6.29. The Morgan fingerprint density at radius 1 is 1.25 bits per heavy atom. The summed E-state index contributed by atoms with van der Waals surface area (Å²) in [5, 5.41) is 0.402. The molecule has 0 unspecified atom stereocenters. The first-order valence-corrected chi connectivity index (χ1v) is 6.84. The summed E-state index contributed by atoms with van der Waals surface area (Å²) in [5.41, 5.74) is 0.621. The molecule has 0 aliphatic carbocycles. The van der Waals surface area contributed by atoms with E-state index in [1.54, 1.807) is 18.2 Å². The van der Waals surface area contributed by atoms with E-state index in [1.807, 2.05) is 31.9 Å². The van der Waals surface area contributed by atoms with Crippen LogP contribution in [0.1, 0.15) is 31.2 Å². The standard InChI is InChI=1S/C15H17ClFN3/c1-10(2)15-18-13(16)8-14(19-15)20(3)9-11-6-4-5-7-12(11)17/h4-8,10H,9H2,1-3H3. The van der Waals surface area contributed by atoms with Crippen LogP contribution in [0.3, 0.4) is 0 Å². The molecule has 0 saturated heterocycles. The van der Waals surface area contributed by atoms with Crippen molar-refractivity contribution in [2.75, 3.05) is 11.9 Å². The highest BCUT2D eigenvalue weighted by atomic mass is 35.5. The Morgan fingerprint density at radius 3 is 2.60 bits per heavy atom. The van der Waals surface area contributed by atoms with E-state index < -0.39 is 0 Å². The fraction of sp³-hybridized carbons (Fsp3) is 0.333. The van der Waals surface area contributed by atoms with Crippen LogP contribution in [0.25, 0.3) is 0 Å². The number of halogens is 2. The fourth-order valence-electron chi connectivity index (χ4n) is 1.84. The van der Waals surface area contributed by atoms with Crippen LogP contribution in [0.5, 0.6) is 0 Å². The maximum atomic E-state index is 13.7. The van der Waals surface area contributed by atoms with Gasteiger partial charge in [-0.3, -0.25) is 0 Å². The molecule has 0 amide bonds. The molecule has 0 fully saturated rings. The van der Waals surface area contributed by atoms with Crippen molar-refractivity contribution in [3.63, 3.8) is 0 Å². The van der Waals surface area contributed by atoms with E-state index in [0.29, 0.717) is 28.9 Å². The van der Waals surface area contributed by atoms with Gasteiger partial charge in [-0.15, -0.1) is 0 Å². The van der Waals surface area contributed by atoms with Crippen molar-refractivity contribution < 1.29 is 4.39 Å². The van der Waals surface area contributed by atoms with Gasteiger partial charge in [0, 0.05) is 31.1 Å². The average molecular weight is 294 g/mol. The molecular formula is C15H17ClFN3. The van der Waals surface area contributed by atoms with E-state index in [0.717, 1.165) is 0 Å². The lowest BCUT2D eigenvalue weighted by Crippen LogP contribution is -2.19. The third kappa shape index (κ3) is 3.45. The van der Waals surface area contributed by atoms with Crippen LogP contribution >= 0.6 is 11.6 Å². The predicted octanol–water partition coefficient (Wildman–Crippen LogP) is 4.03. The maximum absolute atomic E-state index is 13.7. The zero-order valence-electron chi connectivity index (χ0n) is 11.8. The van der Waals surface area contributed by atoms with Crippen molar-refractivity contribution in [2.24, 2.45) is 0 Å². The van der Waals surface area contributed by atoms with Crippen molar-refractivity contribution in [3.05, 3.63) is 52.7 Å².